The number of nitrogens with zero attached hydrogens (tertiary/aromatic N) is 3. The number of anilines is 1. The summed E-state index contributed by atoms with van der Waals surface area (Å²) in [5.41, 5.74) is 7.00. The van der Waals surface area contributed by atoms with E-state index in [1.165, 1.54) is 19.2 Å². The van der Waals surface area contributed by atoms with Crippen LogP contribution >= 0.6 is 0 Å². The Morgan fingerprint density at radius 1 is 1.30 bits per heavy atom. The summed E-state index contributed by atoms with van der Waals surface area (Å²) in [6.45, 7) is 5.12. The summed E-state index contributed by atoms with van der Waals surface area (Å²) in [7, 11) is 1.36. The average molecular weight is 322 g/mol. The van der Waals surface area contributed by atoms with Gasteiger partial charge in [-0.25, -0.2) is 4.39 Å². The van der Waals surface area contributed by atoms with E-state index in [0.717, 1.165) is 31.9 Å². The number of piperazine rings is 1. The number of ether oxygens (including phenoxy) is 1. The minimum absolute atomic E-state index is 0.233. The van der Waals surface area contributed by atoms with Gasteiger partial charge in [0.25, 0.3) is 0 Å². The number of halogens is 1. The molecule has 7 heteroatoms. The Hall–Kier alpha value is -2.31. The molecule has 126 valence electrons. The fourth-order valence-electron chi connectivity index (χ4n) is 2.45. The SMILES string of the molecule is COC(=O)C(C)CN=C(N)N1CCN(c2ccc(F)cc2)CC1. The van der Waals surface area contributed by atoms with E-state index in [1.807, 2.05) is 4.90 Å². The third-order valence-corrected chi connectivity index (χ3v) is 3.93. The van der Waals surface area contributed by atoms with Crippen molar-refractivity contribution in [3.8, 4) is 0 Å². The van der Waals surface area contributed by atoms with Crippen molar-refractivity contribution in [2.24, 2.45) is 16.6 Å². The summed E-state index contributed by atoms with van der Waals surface area (Å²) >= 11 is 0. The molecule has 1 atom stereocenters. The van der Waals surface area contributed by atoms with Crippen LogP contribution in [0.3, 0.4) is 0 Å². The molecule has 1 fully saturated rings. The Balaban J connectivity index is 1.85. The highest BCUT2D eigenvalue weighted by Gasteiger charge is 2.19. The molecule has 0 aliphatic carbocycles. The van der Waals surface area contributed by atoms with Crippen LogP contribution in [-0.2, 0) is 9.53 Å². The standard InChI is InChI=1S/C16H23FN4O2/c1-12(15(22)23-2)11-19-16(18)21-9-7-20(8-10-21)14-5-3-13(17)4-6-14/h3-6,12H,7-11H2,1-2H3,(H2,18,19). The molecule has 0 saturated carbocycles. The molecule has 1 unspecified atom stereocenters. The molecule has 1 saturated heterocycles. The molecule has 1 heterocycles. The predicted octanol–water partition coefficient (Wildman–Crippen LogP) is 1.07. The molecular weight excluding hydrogens is 299 g/mol. The number of guanidine groups is 1. The molecule has 2 N–H and O–H groups in total. The van der Waals surface area contributed by atoms with E-state index in [9.17, 15) is 9.18 Å². The summed E-state index contributed by atoms with van der Waals surface area (Å²) < 4.78 is 17.6. The van der Waals surface area contributed by atoms with Crippen molar-refractivity contribution in [3.63, 3.8) is 0 Å². The zero-order valence-corrected chi connectivity index (χ0v) is 13.5. The minimum Gasteiger partial charge on any atom is -0.469 e. The molecule has 0 spiro atoms. The third-order valence-electron chi connectivity index (χ3n) is 3.93. The predicted molar refractivity (Wildman–Crippen MR) is 87.9 cm³/mol. The van der Waals surface area contributed by atoms with Crippen LogP contribution in [0.2, 0.25) is 0 Å². The lowest BCUT2D eigenvalue weighted by Crippen LogP contribution is -2.51. The normalized spacial score (nSPS) is 17.1. The van der Waals surface area contributed by atoms with E-state index in [-0.39, 0.29) is 17.7 Å². The Bertz CT molecular complexity index is 554. The number of aliphatic imine (C=N–C) groups is 1. The van der Waals surface area contributed by atoms with E-state index in [2.05, 4.69) is 14.6 Å². The molecule has 1 aliphatic heterocycles. The maximum absolute atomic E-state index is 13.0. The molecule has 0 radical (unpaired) electrons. The van der Waals surface area contributed by atoms with E-state index in [1.54, 1.807) is 19.1 Å². The number of hydrogen-bond donors (Lipinski definition) is 1. The highest BCUT2D eigenvalue weighted by molar-refractivity contribution is 5.79. The Kier molecular flexibility index (Phi) is 5.78. The van der Waals surface area contributed by atoms with Gasteiger partial charge in [0, 0.05) is 31.9 Å². The largest absolute Gasteiger partial charge is 0.469 e. The van der Waals surface area contributed by atoms with Crippen LogP contribution in [0.4, 0.5) is 10.1 Å². The van der Waals surface area contributed by atoms with Crippen LogP contribution in [0, 0.1) is 11.7 Å². The number of carbonyl (C=O) groups is 1. The fourth-order valence-corrected chi connectivity index (χ4v) is 2.45. The molecule has 23 heavy (non-hydrogen) atoms. The highest BCUT2D eigenvalue weighted by Crippen LogP contribution is 2.16. The first-order chi connectivity index (χ1) is 11.0. The van der Waals surface area contributed by atoms with Crippen molar-refractivity contribution in [2.75, 3.05) is 44.7 Å². The second-order valence-electron chi connectivity index (χ2n) is 5.57. The lowest BCUT2D eigenvalue weighted by Gasteiger charge is -2.36. The fraction of sp³-hybridized carbons (Fsp3) is 0.500. The van der Waals surface area contributed by atoms with Gasteiger partial charge in [0.1, 0.15) is 5.82 Å². The van der Waals surface area contributed by atoms with Gasteiger partial charge in [-0.15, -0.1) is 0 Å². The van der Waals surface area contributed by atoms with Crippen molar-refractivity contribution in [3.05, 3.63) is 30.1 Å². The summed E-state index contributed by atoms with van der Waals surface area (Å²) in [5, 5.41) is 0. The van der Waals surface area contributed by atoms with Crippen LogP contribution < -0.4 is 10.6 Å². The quantitative estimate of drug-likeness (QED) is 0.510. The van der Waals surface area contributed by atoms with Gasteiger partial charge in [0.2, 0.25) is 0 Å². The molecule has 0 bridgehead atoms. The number of nitrogens with two attached hydrogens (primary N) is 1. The zero-order valence-electron chi connectivity index (χ0n) is 13.5. The topological polar surface area (TPSA) is 71.2 Å². The van der Waals surface area contributed by atoms with E-state index >= 15 is 0 Å². The zero-order chi connectivity index (χ0) is 16.8. The van der Waals surface area contributed by atoms with Crippen LogP contribution in [0.25, 0.3) is 0 Å². The minimum atomic E-state index is -0.306. The molecule has 0 amide bonds. The summed E-state index contributed by atoms with van der Waals surface area (Å²) in [4.78, 5) is 19.8. The maximum atomic E-state index is 13.0. The number of methoxy groups -OCH3 is 1. The maximum Gasteiger partial charge on any atom is 0.310 e. The first-order valence-corrected chi connectivity index (χ1v) is 7.64. The van der Waals surface area contributed by atoms with Gasteiger partial charge in [-0.3, -0.25) is 9.79 Å². The van der Waals surface area contributed by atoms with Crippen LogP contribution in [0.5, 0.6) is 0 Å². The van der Waals surface area contributed by atoms with Crippen molar-refractivity contribution >= 4 is 17.6 Å². The molecule has 0 aromatic heterocycles. The van der Waals surface area contributed by atoms with E-state index in [4.69, 9.17) is 5.73 Å². The monoisotopic (exact) mass is 322 g/mol. The first kappa shape index (κ1) is 17.1. The van der Waals surface area contributed by atoms with Crippen molar-refractivity contribution in [1.82, 2.24) is 4.90 Å². The summed E-state index contributed by atoms with van der Waals surface area (Å²) in [5.74, 6) is -0.385. The second kappa shape index (κ2) is 7.80. The summed E-state index contributed by atoms with van der Waals surface area (Å²) in [6, 6.07) is 6.48. The van der Waals surface area contributed by atoms with Crippen molar-refractivity contribution < 1.29 is 13.9 Å². The second-order valence-corrected chi connectivity index (χ2v) is 5.57. The smallest absolute Gasteiger partial charge is 0.310 e. The van der Waals surface area contributed by atoms with Gasteiger partial charge in [-0.1, -0.05) is 6.92 Å². The first-order valence-electron chi connectivity index (χ1n) is 7.64. The van der Waals surface area contributed by atoms with Gasteiger partial charge >= 0.3 is 5.97 Å². The average Bonchev–Trinajstić information content (AvgIpc) is 2.59. The number of hydrogen-bond acceptors (Lipinski definition) is 4. The summed E-state index contributed by atoms with van der Waals surface area (Å²) in [6.07, 6.45) is 0. The van der Waals surface area contributed by atoms with Crippen LogP contribution in [0.1, 0.15) is 6.92 Å². The van der Waals surface area contributed by atoms with Gasteiger partial charge in [-0.2, -0.15) is 0 Å². The Morgan fingerprint density at radius 2 is 1.91 bits per heavy atom. The van der Waals surface area contributed by atoms with E-state index < -0.39 is 0 Å². The lowest BCUT2D eigenvalue weighted by atomic mass is 10.2. The Morgan fingerprint density at radius 3 is 2.48 bits per heavy atom. The molecule has 2 rings (SSSR count). The Labute approximate surface area is 135 Å². The van der Waals surface area contributed by atoms with Crippen molar-refractivity contribution in [2.45, 2.75) is 6.92 Å². The number of benzene rings is 1. The molecular formula is C16H23FN4O2. The number of rotatable bonds is 4. The van der Waals surface area contributed by atoms with Crippen LogP contribution in [0.15, 0.2) is 29.3 Å². The van der Waals surface area contributed by atoms with Gasteiger partial charge in [0.05, 0.1) is 19.6 Å². The van der Waals surface area contributed by atoms with Gasteiger partial charge in [-0.05, 0) is 24.3 Å². The number of carbonyl (C=O) groups excluding carboxylic acids is 1. The molecule has 1 aromatic rings. The third kappa shape index (κ3) is 4.58. The highest BCUT2D eigenvalue weighted by atomic mass is 19.1. The van der Waals surface area contributed by atoms with Crippen molar-refractivity contribution in [1.29, 1.82) is 0 Å². The van der Waals surface area contributed by atoms with Gasteiger partial charge in [0.15, 0.2) is 5.96 Å². The molecule has 6 nitrogen and oxygen atoms in total. The number of esters is 1. The van der Waals surface area contributed by atoms with Gasteiger partial charge < -0.3 is 20.3 Å². The van der Waals surface area contributed by atoms with E-state index in [0.29, 0.717) is 12.5 Å². The van der Waals surface area contributed by atoms with Crippen LogP contribution in [-0.4, -0.2) is 56.7 Å². The molecule has 1 aliphatic rings. The lowest BCUT2D eigenvalue weighted by molar-refractivity contribution is -0.144. The molecule has 1 aromatic carbocycles.